The smallest absolute Gasteiger partial charge is 0.191 e. The largest absolute Gasteiger partial charge is 0.215 e. The zero-order valence-electron chi connectivity index (χ0n) is 7.15. The van der Waals surface area contributed by atoms with Crippen molar-refractivity contribution in [2.75, 3.05) is 6.26 Å². The number of aromatic nitrogens is 4. The van der Waals surface area contributed by atoms with Crippen LogP contribution in [0.3, 0.4) is 0 Å². The summed E-state index contributed by atoms with van der Waals surface area (Å²) in [6.07, 6.45) is 1.96. The van der Waals surface area contributed by atoms with E-state index in [4.69, 9.17) is 0 Å². The zero-order chi connectivity index (χ0) is 9.42. The SMILES string of the molecule is CSc1nc(Br)cc2nc(C)nn12. The molecular weight excluding hydrogens is 252 g/mol. The van der Waals surface area contributed by atoms with Gasteiger partial charge in [0.1, 0.15) is 10.4 Å². The number of hydrogen-bond acceptors (Lipinski definition) is 4. The van der Waals surface area contributed by atoms with E-state index in [0.29, 0.717) is 0 Å². The maximum Gasteiger partial charge on any atom is 0.191 e. The normalized spacial score (nSPS) is 11.0. The van der Waals surface area contributed by atoms with Crippen LogP contribution in [0.25, 0.3) is 5.65 Å². The molecule has 2 aromatic heterocycles. The van der Waals surface area contributed by atoms with E-state index in [2.05, 4.69) is 31.0 Å². The summed E-state index contributed by atoms with van der Waals surface area (Å²) in [6.45, 7) is 1.87. The molecule has 0 N–H and O–H groups in total. The molecule has 2 heterocycles. The van der Waals surface area contributed by atoms with Gasteiger partial charge in [-0.2, -0.15) is 4.52 Å². The Morgan fingerprint density at radius 2 is 2.23 bits per heavy atom. The molecule has 0 saturated heterocycles. The van der Waals surface area contributed by atoms with Crippen LogP contribution in [0.5, 0.6) is 0 Å². The molecule has 4 nitrogen and oxygen atoms in total. The first-order valence-electron chi connectivity index (χ1n) is 3.64. The van der Waals surface area contributed by atoms with E-state index in [-0.39, 0.29) is 0 Å². The van der Waals surface area contributed by atoms with Crippen molar-refractivity contribution in [1.29, 1.82) is 0 Å². The van der Waals surface area contributed by atoms with E-state index in [1.165, 1.54) is 0 Å². The molecule has 0 unspecified atom stereocenters. The fraction of sp³-hybridized carbons (Fsp3) is 0.286. The Morgan fingerprint density at radius 1 is 1.46 bits per heavy atom. The Bertz CT molecular complexity index is 453. The molecule has 68 valence electrons. The maximum atomic E-state index is 4.27. The van der Waals surface area contributed by atoms with Crippen molar-refractivity contribution < 1.29 is 0 Å². The summed E-state index contributed by atoms with van der Waals surface area (Å²) in [5.74, 6) is 0.759. The number of nitrogens with zero attached hydrogens (tertiary/aromatic N) is 4. The Balaban J connectivity index is 2.80. The molecule has 0 aromatic carbocycles. The summed E-state index contributed by atoms with van der Waals surface area (Å²) in [5, 5.41) is 5.06. The minimum Gasteiger partial charge on any atom is -0.215 e. The summed E-state index contributed by atoms with van der Waals surface area (Å²) in [5.41, 5.74) is 0.823. The number of rotatable bonds is 1. The lowest BCUT2D eigenvalue weighted by atomic mass is 10.6. The van der Waals surface area contributed by atoms with Gasteiger partial charge in [-0.25, -0.2) is 9.97 Å². The fourth-order valence-corrected chi connectivity index (χ4v) is 2.06. The molecule has 2 rings (SSSR count). The minimum absolute atomic E-state index is 0.759. The second-order valence-electron chi connectivity index (χ2n) is 2.49. The first-order chi connectivity index (χ1) is 6.20. The van der Waals surface area contributed by atoms with Gasteiger partial charge in [0.05, 0.1) is 0 Å². The van der Waals surface area contributed by atoms with Crippen molar-refractivity contribution in [2.24, 2.45) is 0 Å². The van der Waals surface area contributed by atoms with Crippen molar-refractivity contribution in [3.8, 4) is 0 Å². The van der Waals surface area contributed by atoms with Gasteiger partial charge < -0.3 is 0 Å². The fourth-order valence-electron chi connectivity index (χ4n) is 1.08. The molecule has 13 heavy (non-hydrogen) atoms. The van der Waals surface area contributed by atoms with Crippen molar-refractivity contribution in [2.45, 2.75) is 12.1 Å². The molecule has 6 heteroatoms. The Hall–Kier alpha value is -0.620. The number of halogens is 1. The molecule has 0 spiro atoms. The van der Waals surface area contributed by atoms with Gasteiger partial charge in [0.15, 0.2) is 10.8 Å². The summed E-state index contributed by atoms with van der Waals surface area (Å²) in [7, 11) is 0. The number of thioether (sulfide) groups is 1. The summed E-state index contributed by atoms with van der Waals surface area (Å²) in [6, 6.07) is 1.85. The maximum absolute atomic E-state index is 4.27. The van der Waals surface area contributed by atoms with Gasteiger partial charge >= 0.3 is 0 Å². The third-order valence-corrected chi connectivity index (χ3v) is 2.59. The summed E-state index contributed by atoms with van der Waals surface area (Å²) >= 11 is 4.87. The molecule has 0 saturated carbocycles. The van der Waals surface area contributed by atoms with Crippen LogP contribution in [-0.4, -0.2) is 25.8 Å². The van der Waals surface area contributed by atoms with Crippen LogP contribution >= 0.6 is 27.7 Å². The lowest BCUT2D eigenvalue weighted by molar-refractivity contribution is 0.779. The molecule has 0 aliphatic heterocycles. The van der Waals surface area contributed by atoms with E-state index in [0.717, 1.165) is 21.2 Å². The Labute approximate surface area is 87.9 Å². The first-order valence-corrected chi connectivity index (χ1v) is 5.66. The molecular formula is C7H7BrN4S. The minimum atomic E-state index is 0.759. The van der Waals surface area contributed by atoms with Gasteiger partial charge in [0, 0.05) is 6.07 Å². The van der Waals surface area contributed by atoms with Crippen molar-refractivity contribution in [1.82, 2.24) is 19.6 Å². The monoisotopic (exact) mass is 258 g/mol. The molecule has 0 aliphatic carbocycles. The predicted octanol–water partition coefficient (Wildman–Crippen LogP) is 1.92. The van der Waals surface area contributed by atoms with Gasteiger partial charge in [-0.15, -0.1) is 5.10 Å². The topological polar surface area (TPSA) is 43.1 Å². The van der Waals surface area contributed by atoms with E-state index in [1.54, 1.807) is 16.3 Å². The highest BCUT2D eigenvalue weighted by Gasteiger charge is 2.06. The number of hydrogen-bond donors (Lipinski definition) is 0. The van der Waals surface area contributed by atoms with Crippen LogP contribution < -0.4 is 0 Å². The lowest BCUT2D eigenvalue weighted by Crippen LogP contribution is -1.95. The Kier molecular flexibility index (Phi) is 2.25. The summed E-state index contributed by atoms with van der Waals surface area (Å²) < 4.78 is 2.53. The van der Waals surface area contributed by atoms with Crippen molar-refractivity contribution in [3.63, 3.8) is 0 Å². The van der Waals surface area contributed by atoms with Crippen LogP contribution in [0, 0.1) is 6.92 Å². The van der Waals surface area contributed by atoms with Gasteiger partial charge in [0.25, 0.3) is 0 Å². The third kappa shape index (κ3) is 1.55. The molecule has 0 atom stereocenters. The standard InChI is InChI=1S/C7H7BrN4S/c1-4-9-6-3-5(8)10-7(13-2)12(6)11-4/h3H,1-2H3. The van der Waals surface area contributed by atoms with Gasteiger partial charge in [-0.1, -0.05) is 11.8 Å². The predicted molar refractivity (Wildman–Crippen MR) is 55.0 cm³/mol. The van der Waals surface area contributed by atoms with Gasteiger partial charge in [-0.05, 0) is 29.1 Å². The van der Waals surface area contributed by atoms with E-state index in [1.807, 2.05) is 19.2 Å². The van der Waals surface area contributed by atoms with Gasteiger partial charge in [-0.3, -0.25) is 0 Å². The van der Waals surface area contributed by atoms with E-state index in [9.17, 15) is 0 Å². The number of aryl methyl sites for hydroxylation is 1. The zero-order valence-corrected chi connectivity index (χ0v) is 9.55. The summed E-state index contributed by atoms with van der Waals surface area (Å²) in [4.78, 5) is 8.52. The van der Waals surface area contributed by atoms with Crippen LogP contribution in [0.1, 0.15) is 5.82 Å². The van der Waals surface area contributed by atoms with Crippen LogP contribution in [0.4, 0.5) is 0 Å². The van der Waals surface area contributed by atoms with Crippen LogP contribution in [-0.2, 0) is 0 Å². The van der Waals surface area contributed by atoms with Crippen molar-refractivity contribution in [3.05, 3.63) is 16.5 Å². The molecule has 0 radical (unpaired) electrons. The average molecular weight is 259 g/mol. The highest BCUT2D eigenvalue weighted by atomic mass is 79.9. The second-order valence-corrected chi connectivity index (χ2v) is 4.08. The van der Waals surface area contributed by atoms with Crippen LogP contribution in [0.2, 0.25) is 0 Å². The van der Waals surface area contributed by atoms with E-state index < -0.39 is 0 Å². The lowest BCUT2D eigenvalue weighted by Gasteiger charge is -1.98. The molecule has 0 bridgehead atoms. The average Bonchev–Trinajstić information content (AvgIpc) is 2.43. The number of fused-ring (bicyclic) bond motifs is 1. The van der Waals surface area contributed by atoms with Gasteiger partial charge in [0.2, 0.25) is 0 Å². The third-order valence-electron chi connectivity index (χ3n) is 1.55. The quantitative estimate of drug-likeness (QED) is 0.446. The Morgan fingerprint density at radius 3 is 2.92 bits per heavy atom. The van der Waals surface area contributed by atoms with E-state index >= 15 is 0 Å². The highest BCUT2D eigenvalue weighted by molar-refractivity contribution is 9.10. The highest BCUT2D eigenvalue weighted by Crippen LogP contribution is 2.17. The molecule has 0 fully saturated rings. The molecule has 0 amide bonds. The molecule has 2 aromatic rings. The first kappa shape index (κ1) is 8.96. The van der Waals surface area contributed by atoms with Crippen molar-refractivity contribution >= 4 is 33.3 Å². The molecule has 0 aliphatic rings. The van der Waals surface area contributed by atoms with Crippen LogP contribution in [0.15, 0.2) is 15.8 Å². The second kappa shape index (κ2) is 3.26.